The van der Waals surface area contributed by atoms with E-state index in [1.54, 1.807) is 0 Å². The van der Waals surface area contributed by atoms with Crippen LogP contribution in [0.2, 0.25) is 0 Å². The average Bonchev–Trinajstić information content (AvgIpc) is 2.39. The second-order valence-electron chi connectivity index (χ2n) is 6.38. The number of ether oxygens (including phenoxy) is 1. The van der Waals surface area contributed by atoms with Crippen molar-refractivity contribution in [3.05, 3.63) is 24.3 Å². The molecule has 0 aromatic heterocycles. The summed E-state index contributed by atoms with van der Waals surface area (Å²) >= 11 is 0. The number of hydrogen-bond acceptors (Lipinski definition) is 3. The molecule has 19 heavy (non-hydrogen) atoms. The molecule has 106 valence electrons. The highest BCUT2D eigenvalue weighted by Crippen LogP contribution is 2.21. The Labute approximate surface area is 116 Å². The summed E-state index contributed by atoms with van der Waals surface area (Å²) < 4.78 is 5.38. The van der Waals surface area contributed by atoms with Gasteiger partial charge in [0.15, 0.2) is 0 Å². The fourth-order valence-corrected chi connectivity index (χ4v) is 2.19. The molecule has 0 radical (unpaired) electrons. The van der Waals surface area contributed by atoms with E-state index in [-0.39, 0.29) is 0 Å². The van der Waals surface area contributed by atoms with Crippen molar-refractivity contribution in [3.63, 3.8) is 0 Å². The van der Waals surface area contributed by atoms with Crippen LogP contribution < -0.4 is 10.2 Å². The van der Waals surface area contributed by atoms with Gasteiger partial charge in [-0.25, -0.2) is 0 Å². The maximum absolute atomic E-state index is 5.38. The first-order chi connectivity index (χ1) is 9.04. The van der Waals surface area contributed by atoms with Gasteiger partial charge in [0, 0.05) is 31.0 Å². The molecule has 1 aromatic carbocycles. The van der Waals surface area contributed by atoms with Gasteiger partial charge in [0.2, 0.25) is 0 Å². The van der Waals surface area contributed by atoms with E-state index in [0.29, 0.717) is 5.41 Å². The number of hydrogen-bond donors (Lipinski definition) is 1. The summed E-state index contributed by atoms with van der Waals surface area (Å²) in [5.74, 6) is 0. The minimum Gasteiger partial charge on any atom is -0.385 e. The lowest BCUT2D eigenvalue weighted by Gasteiger charge is -2.29. The van der Waals surface area contributed by atoms with E-state index in [1.807, 2.05) is 0 Å². The van der Waals surface area contributed by atoms with E-state index < -0.39 is 0 Å². The summed E-state index contributed by atoms with van der Waals surface area (Å²) in [7, 11) is 0. The molecule has 0 unspecified atom stereocenters. The number of nitrogens with one attached hydrogen (secondary N) is 1. The van der Waals surface area contributed by atoms with Crippen molar-refractivity contribution in [1.82, 2.24) is 0 Å². The minimum atomic E-state index is 0.390. The molecule has 3 nitrogen and oxygen atoms in total. The Morgan fingerprint density at radius 3 is 2.32 bits per heavy atom. The monoisotopic (exact) mass is 262 g/mol. The molecule has 0 bridgehead atoms. The second-order valence-corrected chi connectivity index (χ2v) is 6.38. The molecule has 0 saturated carbocycles. The zero-order chi connectivity index (χ0) is 13.7. The summed E-state index contributed by atoms with van der Waals surface area (Å²) in [6.45, 7) is 11.5. The summed E-state index contributed by atoms with van der Waals surface area (Å²) in [6, 6.07) is 8.75. The van der Waals surface area contributed by atoms with Crippen LogP contribution in [0.1, 0.15) is 27.2 Å². The predicted octanol–water partition coefficient (Wildman–Crippen LogP) is 3.37. The lowest BCUT2D eigenvalue weighted by molar-refractivity contribution is 0.122. The molecule has 1 fully saturated rings. The molecule has 3 heteroatoms. The second kappa shape index (κ2) is 6.29. The summed E-state index contributed by atoms with van der Waals surface area (Å²) in [4.78, 5) is 2.38. The van der Waals surface area contributed by atoms with Crippen LogP contribution in [0.25, 0.3) is 0 Å². The molecule has 0 spiro atoms. The highest BCUT2D eigenvalue weighted by Gasteiger charge is 2.11. The molecule has 1 saturated heterocycles. The molecule has 1 aliphatic heterocycles. The molecule has 1 heterocycles. The number of morpholine rings is 1. The van der Waals surface area contributed by atoms with Gasteiger partial charge in [-0.1, -0.05) is 20.8 Å². The lowest BCUT2D eigenvalue weighted by atomic mass is 9.92. The molecular weight excluding hydrogens is 236 g/mol. The first-order valence-corrected chi connectivity index (χ1v) is 7.21. The Balaban J connectivity index is 1.84. The summed E-state index contributed by atoms with van der Waals surface area (Å²) in [5, 5.41) is 3.49. The lowest BCUT2D eigenvalue weighted by Crippen LogP contribution is -2.36. The standard InChI is InChI=1S/C16H26N2O/c1-16(2,3)8-9-17-14-4-6-15(7-5-14)18-10-12-19-13-11-18/h4-7,17H,8-13H2,1-3H3. The van der Waals surface area contributed by atoms with Crippen molar-refractivity contribution in [2.24, 2.45) is 5.41 Å². The van der Waals surface area contributed by atoms with Gasteiger partial charge in [-0.3, -0.25) is 0 Å². The molecule has 0 aliphatic carbocycles. The number of benzene rings is 1. The van der Waals surface area contributed by atoms with Crippen molar-refractivity contribution >= 4 is 11.4 Å². The van der Waals surface area contributed by atoms with E-state index in [0.717, 1.165) is 32.8 Å². The van der Waals surface area contributed by atoms with Gasteiger partial charge in [0.05, 0.1) is 13.2 Å². The van der Waals surface area contributed by atoms with E-state index in [1.165, 1.54) is 17.8 Å². The van der Waals surface area contributed by atoms with E-state index in [4.69, 9.17) is 4.74 Å². The maximum Gasteiger partial charge on any atom is 0.0642 e. The van der Waals surface area contributed by atoms with Gasteiger partial charge in [0.25, 0.3) is 0 Å². The molecule has 0 atom stereocenters. The fourth-order valence-electron chi connectivity index (χ4n) is 2.19. The van der Waals surface area contributed by atoms with Crippen molar-refractivity contribution < 1.29 is 4.74 Å². The van der Waals surface area contributed by atoms with Gasteiger partial charge in [-0.2, -0.15) is 0 Å². The van der Waals surface area contributed by atoms with Gasteiger partial charge in [0.1, 0.15) is 0 Å². The van der Waals surface area contributed by atoms with Crippen LogP contribution in [0, 0.1) is 5.41 Å². The summed E-state index contributed by atoms with van der Waals surface area (Å²) in [5.41, 5.74) is 2.90. The quantitative estimate of drug-likeness (QED) is 0.900. The van der Waals surface area contributed by atoms with Gasteiger partial charge < -0.3 is 15.0 Å². The zero-order valence-corrected chi connectivity index (χ0v) is 12.4. The molecule has 1 N–H and O–H groups in total. The topological polar surface area (TPSA) is 24.5 Å². The molecule has 1 aromatic rings. The third-order valence-electron chi connectivity index (χ3n) is 3.45. The average molecular weight is 262 g/mol. The zero-order valence-electron chi connectivity index (χ0n) is 12.4. The third kappa shape index (κ3) is 4.75. The van der Waals surface area contributed by atoms with Crippen LogP contribution in [-0.2, 0) is 4.74 Å². The van der Waals surface area contributed by atoms with Crippen LogP contribution in [0.15, 0.2) is 24.3 Å². The Bertz CT molecular complexity index is 375. The smallest absolute Gasteiger partial charge is 0.0642 e. The van der Waals surface area contributed by atoms with Crippen LogP contribution in [0.4, 0.5) is 11.4 Å². The van der Waals surface area contributed by atoms with Gasteiger partial charge in [-0.15, -0.1) is 0 Å². The Morgan fingerprint density at radius 1 is 1.11 bits per heavy atom. The van der Waals surface area contributed by atoms with Gasteiger partial charge >= 0.3 is 0 Å². The van der Waals surface area contributed by atoms with Crippen molar-refractivity contribution in [3.8, 4) is 0 Å². The normalized spacial score (nSPS) is 16.5. The third-order valence-corrected chi connectivity index (χ3v) is 3.45. The Hall–Kier alpha value is -1.22. The minimum absolute atomic E-state index is 0.390. The SMILES string of the molecule is CC(C)(C)CCNc1ccc(N2CCOCC2)cc1. The molecule has 1 aliphatic rings. The number of nitrogens with zero attached hydrogens (tertiary/aromatic N) is 1. The Kier molecular flexibility index (Phi) is 4.70. The van der Waals surface area contributed by atoms with Crippen molar-refractivity contribution in [1.29, 1.82) is 0 Å². The fraction of sp³-hybridized carbons (Fsp3) is 0.625. The van der Waals surface area contributed by atoms with E-state index in [2.05, 4.69) is 55.3 Å². The highest BCUT2D eigenvalue weighted by molar-refractivity contribution is 5.55. The predicted molar refractivity (Wildman–Crippen MR) is 82.0 cm³/mol. The largest absolute Gasteiger partial charge is 0.385 e. The van der Waals surface area contributed by atoms with Crippen molar-refractivity contribution in [2.75, 3.05) is 43.1 Å². The first kappa shape index (κ1) is 14.2. The van der Waals surface area contributed by atoms with Crippen LogP contribution >= 0.6 is 0 Å². The Morgan fingerprint density at radius 2 is 1.74 bits per heavy atom. The molecule has 0 amide bonds. The summed E-state index contributed by atoms with van der Waals surface area (Å²) in [6.07, 6.45) is 1.18. The highest BCUT2D eigenvalue weighted by atomic mass is 16.5. The number of anilines is 2. The number of rotatable bonds is 4. The van der Waals surface area contributed by atoms with Crippen LogP contribution in [-0.4, -0.2) is 32.8 Å². The molecule has 2 rings (SSSR count). The first-order valence-electron chi connectivity index (χ1n) is 7.21. The van der Waals surface area contributed by atoms with Crippen LogP contribution in [0.3, 0.4) is 0 Å². The van der Waals surface area contributed by atoms with Crippen LogP contribution in [0.5, 0.6) is 0 Å². The maximum atomic E-state index is 5.38. The van der Waals surface area contributed by atoms with E-state index in [9.17, 15) is 0 Å². The van der Waals surface area contributed by atoms with E-state index >= 15 is 0 Å². The molecular formula is C16H26N2O. The van der Waals surface area contributed by atoms with Gasteiger partial charge in [-0.05, 0) is 36.1 Å². The van der Waals surface area contributed by atoms with Crippen molar-refractivity contribution in [2.45, 2.75) is 27.2 Å².